The Hall–Kier alpha value is -2.75. The van der Waals surface area contributed by atoms with Crippen LogP contribution in [0.4, 0.5) is 0 Å². The Kier molecular flexibility index (Phi) is 5.41. The quantitative estimate of drug-likeness (QED) is 0.599. The molecule has 0 saturated heterocycles. The number of methoxy groups -OCH3 is 3. The largest absolute Gasteiger partial charge is 0.493 e. The third-order valence-corrected chi connectivity index (χ3v) is 3.48. The van der Waals surface area contributed by atoms with E-state index in [9.17, 15) is 4.79 Å². The highest BCUT2D eigenvalue weighted by Crippen LogP contribution is 2.40. The van der Waals surface area contributed by atoms with Gasteiger partial charge in [-0.25, -0.2) is 0 Å². The molecule has 0 unspecified atom stereocenters. The van der Waals surface area contributed by atoms with Crippen LogP contribution in [0.3, 0.4) is 0 Å². The third kappa shape index (κ3) is 3.72. The molecule has 0 atom stereocenters. The first-order valence-electron chi connectivity index (χ1n) is 7.18. The van der Waals surface area contributed by atoms with Gasteiger partial charge in [-0.3, -0.25) is 4.79 Å². The van der Waals surface area contributed by atoms with Gasteiger partial charge in [-0.1, -0.05) is 29.8 Å². The molecule has 0 spiro atoms. The predicted octanol–water partition coefficient (Wildman–Crippen LogP) is 3.92. The van der Waals surface area contributed by atoms with Gasteiger partial charge in [-0.2, -0.15) is 0 Å². The molecule has 2 aromatic rings. The van der Waals surface area contributed by atoms with Crippen LogP contribution < -0.4 is 14.2 Å². The van der Waals surface area contributed by atoms with Crippen molar-refractivity contribution in [1.29, 1.82) is 0 Å². The molecule has 0 bridgehead atoms. The lowest BCUT2D eigenvalue weighted by atomic mass is 10.1. The molecule has 2 rings (SSSR count). The first-order valence-corrected chi connectivity index (χ1v) is 7.18. The van der Waals surface area contributed by atoms with E-state index in [1.54, 1.807) is 33.5 Å². The Bertz CT molecular complexity index is 715. The van der Waals surface area contributed by atoms with E-state index in [1.807, 2.05) is 37.3 Å². The standard InChI is InChI=1S/C19H20O4/c1-13-5-7-14(8-6-13)16(20)11-9-15-10-12-17(21-2)19(23-4)18(15)22-3/h5-12H,1-4H3/b11-9+. The minimum absolute atomic E-state index is 0.0677. The second kappa shape index (κ2) is 7.49. The first-order chi connectivity index (χ1) is 11.1. The summed E-state index contributed by atoms with van der Waals surface area (Å²) in [6.45, 7) is 1.98. The smallest absolute Gasteiger partial charge is 0.203 e. The summed E-state index contributed by atoms with van der Waals surface area (Å²) in [5.41, 5.74) is 2.50. The summed E-state index contributed by atoms with van der Waals surface area (Å²) in [7, 11) is 4.66. The zero-order chi connectivity index (χ0) is 16.8. The van der Waals surface area contributed by atoms with Gasteiger partial charge in [0.1, 0.15) is 0 Å². The molecule has 0 aliphatic rings. The highest BCUT2D eigenvalue weighted by atomic mass is 16.5. The Labute approximate surface area is 136 Å². The third-order valence-electron chi connectivity index (χ3n) is 3.48. The van der Waals surface area contributed by atoms with E-state index in [0.717, 1.165) is 11.1 Å². The van der Waals surface area contributed by atoms with Crippen molar-refractivity contribution < 1.29 is 19.0 Å². The highest BCUT2D eigenvalue weighted by Gasteiger charge is 2.14. The molecule has 0 saturated carbocycles. The van der Waals surface area contributed by atoms with Gasteiger partial charge in [0, 0.05) is 11.1 Å². The van der Waals surface area contributed by atoms with Crippen LogP contribution in [0.15, 0.2) is 42.5 Å². The lowest BCUT2D eigenvalue weighted by Crippen LogP contribution is -1.97. The molecule has 0 aliphatic carbocycles. The maximum absolute atomic E-state index is 12.2. The number of hydrogen-bond donors (Lipinski definition) is 0. The van der Waals surface area contributed by atoms with Gasteiger partial charge >= 0.3 is 0 Å². The van der Waals surface area contributed by atoms with Crippen molar-refractivity contribution in [2.45, 2.75) is 6.92 Å². The summed E-state index contributed by atoms with van der Waals surface area (Å²) >= 11 is 0. The fourth-order valence-corrected chi connectivity index (χ4v) is 2.24. The maximum atomic E-state index is 12.2. The van der Waals surface area contributed by atoms with Crippen LogP contribution in [-0.4, -0.2) is 27.1 Å². The predicted molar refractivity (Wildman–Crippen MR) is 90.6 cm³/mol. The van der Waals surface area contributed by atoms with E-state index in [4.69, 9.17) is 14.2 Å². The number of aryl methyl sites for hydroxylation is 1. The second-order valence-corrected chi connectivity index (χ2v) is 4.99. The molecule has 0 N–H and O–H groups in total. The molecule has 0 fully saturated rings. The second-order valence-electron chi connectivity index (χ2n) is 4.99. The molecule has 2 aromatic carbocycles. The molecule has 4 nitrogen and oxygen atoms in total. The SMILES string of the molecule is COc1ccc(/C=C/C(=O)c2ccc(C)cc2)c(OC)c1OC. The molecule has 0 heterocycles. The summed E-state index contributed by atoms with van der Waals surface area (Å²) in [5.74, 6) is 1.54. The first kappa shape index (κ1) is 16.6. The molecule has 0 amide bonds. The maximum Gasteiger partial charge on any atom is 0.203 e. The number of allylic oxidation sites excluding steroid dienone is 1. The van der Waals surface area contributed by atoms with Crippen LogP contribution >= 0.6 is 0 Å². The van der Waals surface area contributed by atoms with Crippen molar-refractivity contribution in [3.8, 4) is 17.2 Å². The molecular weight excluding hydrogens is 292 g/mol. The van der Waals surface area contributed by atoms with Crippen LogP contribution in [0.2, 0.25) is 0 Å². The molecule has 0 aromatic heterocycles. The van der Waals surface area contributed by atoms with Crippen LogP contribution in [0.5, 0.6) is 17.2 Å². The van der Waals surface area contributed by atoms with E-state index in [-0.39, 0.29) is 5.78 Å². The zero-order valence-electron chi connectivity index (χ0n) is 13.8. The number of hydrogen-bond acceptors (Lipinski definition) is 4. The van der Waals surface area contributed by atoms with E-state index in [2.05, 4.69) is 0 Å². The molecule has 0 aliphatic heterocycles. The van der Waals surface area contributed by atoms with Crippen LogP contribution in [0, 0.1) is 6.92 Å². The average molecular weight is 312 g/mol. The Morgan fingerprint density at radius 1 is 0.870 bits per heavy atom. The van der Waals surface area contributed by atoms with E-state index >= 15 is 0 Å². The average Bonchev–Trinajstić information content (AvgIpc) is 2.59. The Morgan fingerprint density at radius 3 is 2.09 bits per heavy atom. The summed E-state index contributed by atoms with van der Waals surface area (Å²) in [4.78, 5) is 12.2. The van der Waals surface area contributed by atoms with Crippen molar-refractivity contribution >= 4 is 11.9 Å². The normalized spacial score (nSPS) is 10.6. The summed E-state index contributed by atoms with van der Waals surface area (Å²) in [6, 6.07) is 11.0. The Balaban J connectivity index is 2.32. The van der Waals surface area contributed by atoms with Crippen LogP contribution in [-0.2, 0) is 0 Å². The van der Waals surface area contributed by atoms with Crippen molar-refractivity contribution in [2.75, 3.05) is 21.3 Å². The number of ketones is 1. The minimum atomic E-state index is -0.0677. The van der Waals surface area contributed by atoms with Gasteiger partial charge < -0.3 is 14.2 Å². The van der Waals surface area contributed by atoms with Crippen LogP contribution in [0.1, 0.15) is 21.5 Å². The van der Waals surface area contributed by atoms with Crippen molar-refractivity contribution in [3.63, 3.8) is 0 Å². The van der Waals surface area contributed by atoms with Gasteiger partial charge in [0.25, 0.3) is 0 Å². The fourth-order valence-electron chi connectivity index (χ4n) is 2.24. The van der Waals surface area contributed by atoms with Gasteiger partial charge in [0.05, 0.1) is 21.3 Å². The van der Waals surface area contributed by atoms with Gasteiger partial charge in [0.2, 0.25) is 5.75 Å². The molecule has 4 heteroatoms. The number of benzene rings is 2. The van der Waals surface area contributed by atoms with Gasteiger partial charge in [-0.15, -0.1) is 0 Å². The number of ether oxygens (including phenoxy) is 3. The summed E-state index contributed by atoms with van der Waals surface area (Å²) in [5, 5.41) is 0. The summed E-state index contributed by atoms with van der Waals surface area (Å²) in [6.07, 6.45) is 3.23. The highest BCUT2D eigenvalue weighted by molar-refractivity contribution is 6.07. The van der Waals surface area contributed by atoms with Crippen molar-refractivity contribution in [2.24, 2.45) is 0 Å². The molecular formula is C19H20O4. The molecule has 0 radical (unpaired) electrons. The monoisotopic (exact) mass is 312 g/mol. The summed E-state index contributed by atoms with van der Waals surface area (Å²) < 4.78 is 16.0. The van der Waals surface area contributed by atoms with Crippen LogP contribution in [0.25, 0.3) is 6.08 Å². The molecule has 120 valence electrons. The lowest BCUT2D eigenvalue weighted by molar-refractivity contribution is 0.104. The van der Waals surface area contributed by atoms with E-state index in [0.29, 0.717) is 22.8 Å². The van der Waals surface area contributed by atoms with E-state index < -0.39 is 0 Å². The lowest BCUT2D eigenvalue weighted by Gasteiger charge is -2.13. The molecule has 23 heavy (non-hydrogen) atoms. The van der Waals surface area contributed by atoms with E-state index in [1.165, 1.54) is 6.08 Å². The van der Waals surface area contributed by atoms with Crippen molar-refractivity contribution in [1.82, 2.24) is 0 Å². The van der Waals surface area contributed by atoms with Gasteiger partial charge in [0.15, 0.2) is 17.3 Å². The zero-order valence-corrected chi connectivity index (χ0v) is 13.8. The van der Waals surface area contributed by atoms with Crippen molar-refractivity contribution in [3.05, 3.63) is 59.2 Å². The Morgan fingerprint density at radius 2 is 1.52 bits per heavy atom. The topological polar surface area (TPSA) is 44.8 Å². The fraction of sp³-hybridized carbons (Fsp3) is 0.211. The number of carbonyl (C=O) groups excluding carboxylic acids is 1. The minimum Gasteiger partial charge on any atom is -0.493 e. The number of carbonyl (C=O) groups is 1. The van der Waals surface area contributed by atoms with Gasteiger partial charge in [-0.05, 0) is 31.2 Å². The number of rotatable bonds is 6.